The average Bonchev–Trinajstić information content (AvgIpc) is 1.86. The van der Waals surface area contributed by atoms with E-state index in [1.807, 2.05) is 6.92 Å². The molecule has 3 heteroatoms. The molecule has 6 heavy (non-hydrogen) atoms. The number of hydrazone groups is 1. The molecular weight excluding hydrogens is 78.1 g/mol. The molecule has 0 aromatic heterocycles. The molecule has 0 aromatic carbocycles. The minimum absolute atomic E-state index is 0.787. The standard InChI is InChI=1S/C3H5N3/c1-3-4-2-5-6-3/h2H,1H3,(H,5,6)/q+1. The van der Waals surface area contributed by atoms with E-state index in [4.69, 9.17) is 0 Å². The number of nitrogens with one attached hydrogen (secondary N) is 1. The summed E-state index contributed by atoms with van der Waals surface area (Å²) in [6, 6.07) is 0. The van der Waals surface area contributed by atoms with Crippen LogP contribution in [-0.2, 0) is 0 Å². The Morgan fingerprint density at radius 1 is 2.00 bits per heavy atom. The van der Waals surface area contributed by atoms with Crippen molar-refractivity contribution in [3.05, 3.63) is 0 Å². The van der Waals surface area contributed by atoms with Gasteiger partial charge >= 0.3 is 5.84 Å². The number of hydrogen-bond acceptors (Lipinski definition) is 3. The van der Waals surface area contributed by atoms with Gasteiger partial charge in [0, 0.05) is 12.0 Å². The molecule has 0 aliphatic carbocycles. The van der Waals surface area contributed by atoms with E-state index in [2.05, 4.69) is 15.5 Å². The van der Waals surface area contributed by atoms with Gasteiger partial charge in [0.05, 0.1) is 0 Å². The zero-order valence-electron chi connectivity index (χ0n) is 3.47. The van der Waals surface area contributed by atoms with Gasteiger partial charge in [-0.15, -0.1) is 5.43 Å². The van der Waals surface area contributed by atoms with Gasteiger partial charge in [0.2, 0.25) is 0 Å². The van der Waals surface area contributed by atoms with Crippen molar-refractivity contribution in [2.75, 3.05) is 0 Å². The van der Waals surface area contributed by atoms with Crippen LogP contribution in [0.5, 0.6) is 0 Å². The van der Waals surface area contributed by atoms with Gasteiger partial charge in [-0.3, -0.25) is 0 Å². The summed E-state index contributed by atoms with van der Waals surface area (Å²) in [7, 11) is 0. The van der Waals surface area contributed by atoms with Crippen molar-refractivity contribution >= 4 is 12.2 Å². The van der Waals surface area contributed by atoms with Crippen molar-refractivity contribution in [2.24, 2.45) is 5.10 Å². The van der Waals surface area contributed by atoms with Crippen LogP contribution in [0.2, 0.25) is 0 Å². The number of amidine groups is 1. The van der Waals surface area contributed by atoms with Crippen LogP contribution in [-0.4, -0.2) is 12.2 Å². The second-order valence-electron chi connectivity index (χ2n) is 1.05. The van der Waals surface area contributed by atoms with Gasteiger partial charge < -0.3 is 0 Å². The zero-order valence-corrected chi connectivity index (χ0v) is 3.47. The molecule has 0 fully saturated rings. The summed E-state index contributed by atoms with van der Waals surface area (Å²) in [5, 5.41) is 3.68. The van der Waals surface area contributed by atoms with Gasteiger partial charge in [0.15, 0.2) is 0 Å². The van der Waals surface area contributed by atoms with Crippen molar-refractivity contribution in [3.63, 3.8) is 0 Å². The lowest BCUT2D eigenvalue weighted by Crippen LogP contribution is -1.94. The van der Waals surface area contributed by atoms with Crippen molar-refractivity contribution < 1.29 is 0 Å². The Balaban J connectivity index is 2.68. The summed E-state index contributed by atoms with van der Waals surface area (Å²) in [5.74, 6) is 0.787. The normalized spacial score (nSPS) is 17.2. The maximum Gasteiger partial charge on any atom is 0.308 e. The number of hydrogen-bond donors (Lipinski definition) is 1. The van der Waals surface area contributed by atoms with Gasteiger partial charge in [0.25, 0.3) is 6.34 Å². The van der Waals surface area contributed by atoms with E-state index >= 15 is 0 Å². The smallest absolute Gasteiger partial charge is 0.125 e. The van der Waals surface area contributed by atoms with Crippen molar-refractivity contribution in [1.82, 2.24) is 10.4 Å². The fourth-order valence-corrected chi connectivity index (χ4v) is 0.273. The third kappa shape index (κ3) is 0.381. The average molecular weight is 83.1 g/mol. The first-order chi connectivity index (χ1) is 2.89. The molecule has 1 heterocycles. The van der Waals surface area contributed by atoms with Crippen LogP contribution in [0.25, 0.3) is 0 Å². The van der Waals surface area contributed by atoms with Gasteiger partial charge in [-0.1, -0.05) is 4.99 Å². The molecular formula is C3H5N3+. The molecule has 1 aliphatic heterocycles. The second kappa shape index (κ2) is 1.08. The summed E-state index contributed by atoms with van der Waals surface area (Å²) in [6.45, 7) is 1.83. The number of nitrogens with zero attached hydrogens (tertiary/aromatic N) is 2. The van der Waals surface area contributed by atoms with Crippen LogP contribution in [0.4, 0.5) is 0 Å². The molecule has 0 spiro atoms. The molecule has 0 saturated carbocycles. The summed E-state index contributed by atoms with van der Waals surface area (Å²) in [6.07, 6.45) is 1.55. The highest BCUT2D eigenvalue weighted by Gasteiger charge is 2.00. The van der Waals surface area contributed by atoms with E-state index in [9.17, 15) is 0 Å². The summed E-state index contributed by atoms with van der Waals surface area (Å²) < 4.78 is 0. The Kier molecular flexibility index (Phi) is 0.602. The summed E-state index contributed by atoms with van der Waals surface area (Å²) in [5.41, 5.74) is 2.57. The lowest BCUT2D eigenvalue weighted by molar-refractivity contribution is 1.08. The SMILES string of the molecule is CC1=NNC=[N+]1. The fourth-order valence-electron chi connectivity index (χ4n) is 0.273. The van der Waals surface area contributed by atoms with Crippen LogP contribution in [0.1, 0.15) is 6.92 Å². The third-order valence-corrected chi connectivity index (χ3v) is 0.535. The lowest BCUT2D eigenvalue weighted by atomic mass is 10.7. The van der Waals surface area contributed by atoms with E-state index in [1.54, 1.807) is 6.34 Å². The van der Waals surface area contributed by atoms with Gasteiger partial charge in [-0.05, 0) is 0 Å². The van der Waals surface area contributed by atoms with Crippen molar-refractivity contribution in [1.29, 1.82) is 0 Å². The minimum Gasteiger partial charge on any atom is -0.125 e. The molecule has 0 unspecified atom stereocenters. The zero-order chi connectivity index (χ0) is 4.41. The van der Waals surface area contributed by atoms with E-state index in [1.165, 1.54) is 0 Å². The predicted octanol–water partition coefficient (Wildman–Crippen LogP) is -0.713. The van der Waals surface area contributed by atoms with Gasteiger partial charge in [-0.25, -0.2) is 0 Å². The third-order valence-electron chi connectivity index (χ3n) is 0.535. The van der Waals surface area contributed by atoms with E-state index in [0.29, 0.717) is 0 Å². The van der Waals surface area contributed by atoms with Crippen LogP contribution in [0.3, 0.4) is 0 Å². The van der Waals surface area contributed by atoms with Gasteiger partial charge in [-0.2, -0.15) is 0 Å². The van der Waals surface area contributed by atoms with Crippen LogP contribution >= 0.6 is 0 Å². The quantitative estimate of drug-likeness (QED) is 0.412. The largest absolute Gasteiger partial charge is 0.308 e. The molecule has 0 amide bonds. The molecule has 1 radical (unpaired) electrons. The van der Waals surface area contributed by atoms with Crippen molar-refractivity contribution in [3.8, 4) is 0 Å². The van der Waals surface area contributed by atoms with Crippen LogP contribution in [0.15, 0.2) is 5.10 Å². The second-order valence-corrected chi connectivity index (χ2v) is 1.05. The van der Waals surface area contributed by atoms with E-state index in [-0.39, 0.29) is 0 Å². The highest BCUT2D eigenvalue weighted by Crippen LogP contribution is 1.66. The molecule has 1 aliphatic rings. The van der Waals surface area contributed by atoms with Crippen LogP contribution in [0, 0.1) is 0 Å². The Bertz CT molecular complexity index is 99.9. The monoisotopic (exact) mass is 83.0 g/mol. The first kappa shape index (κ1) is 3.33. The number of aliphatic imine (C=N–C) groups is 1. The Labute approximate surface area is 35.8 Å². The Morgan fingerprint density at radius 2 is 2.83 bits per heavy atom. The summed E-state index contributed by atoms with van der Waals surface area (Å²) >= 11 is 0. The molecule has 1 rings (SSSR count). The molecule has 0 bridgehead atoms. The van der Waals surface area contributed by atoms with E-state index in [0.717, 1.165) is 5.84 Å². The number of rotatable bonds is 0. The maximum absolute atomic E-state index is 3.75. The van der Waals surface area contributed by atoms with E-state index < -0.39 is 0 Å². The fraction of sp³-hybridized carbons (Fsp3) is 0.333. The molecule has 31 valence electrons. The molecule has 0 saturated heterocycles. The Hall–Kier alpha value is -0.860. The minimum atomic E-state index is 0.787. The van der Waals surface area contributed by atoms with Crippen molar-refractivity contribution in [2.45, 2.75) is 6.92 Å². The highest BCUT2D eigenvalue weighted by molar-refractivity contribution is 5.87. The maximum atomic E-state index is 3.75. The first-order valence-corrected chi connectivity index (χ1v) is 1.72. The van der Waals surface area contributed by atoms with Gasteiger partial charge in [0.1, 0.15) is 0 Å². The first-order valence-electron chi connectivity index (χ1n) is 1.72. The predicted molar refractivity (Wildman–Crippen MR) is 24.4 cm³/mol. The summed E-state index contributed by atoms with van der Waals surface area (Å²) in [4.78, 5) is 3.75. The molecule has 1 N–H and O–H groups in total. The molecule has 3 nitrogen and oxygen atoms in total. The highest BCUT2D eigenvalue weighted by atomic mass is 15.4. The molecule has 0 aromatic rings. The topological polar surface area (TPSA) is 38.5 Å². The lowest BCUT2D eigenvalue weighted by Gasteiger charge is -1.56. The Morgan fingerprint density at radius 3 is 3.00 bits per heavy atom. The molecule has 0 atom stereocenters. The van der Waals surface area contributed by atoms with Crippen LogP contribution < -0.4 is 10.4 Å².